The third-order valence-electron chi connectivity index (χ3n) is 0. The van der Waals surface area contributed by atoms with Crippen LogP contribution in [0.3, 0.4) is 0 Å². The van der Waals surface area contributed by atoms with E-state index in [1.165, 1.54) is 0 Å². The smallest absolute Gasteiger partial charge is 0.357 e. The van der Waals surface area contributed by atoms with Crippen LogP contribution in [-0.4, -0.2) is 22.0 Å². The van der Waals surface area contributed by atoms with Crippen LogP contribution >= 0.6 is 0 Å². The topological polar surface area (TPSA) is 274 Å². The largest absolute Gasteiger partial charge is 3.00 e. The molecule has 0 aromatic heterocycles. The fraction of sp³-hybridized carbons (Fsp3) is 0. The first-order chi connectivity index (χ1) is 6.93. The maximum absolute atomic E-state index is 8.52. The molecule has 0 unspecified atom stereocenters. The Bertz CT molecular complexity index is 61.5. The Labute approximate surface area is 116 Å². The van der Waals surface area contributed by atoms with Gasteiger partial charge in [0, 0.05) is 4.66 Å². The molecular weight excluding hydrogens is 361 g/mol. The monoisotopic (exact) mass is 360 g/mol. The standard InChI is InChI=1S/Al.ClHO3.3ClO3/c;4*2-1(3)4/h;2H;;;/q+3;;3*-1. The summed E-state index contributed by atoms with van der Waals surface area (Å²) in [5.74, 6) is 0. The van der Waals surface area contributed by atoms with E-state index in [2.05, 4.69) is 0 Å². The summed E-state index contributed by atoms with van der Waals surface area (Å²) >= 11 is 0. The van der Waals surface area contributed by atoms with Crippen molar-refractivity contribution < 1.29 is 99.0 Å². The second-order valence-corrected chi connectivity index (χ2v) is 2.30. The van der Waals surface area contributed by atoms with Crippen LogP contribution in [0, 0.1) is 43.1 Å². The van der Waals surface area contributed by atoms with Gasteiger partial charge in [-0.3, -0.25) is 0 Å². The fourth-order valence-corrected chi connectivity index (χ4v) is 0. The number of halogens is 4. The third kappa shape index (κ3) is 2710. The van der Waals surface area contributed by atoms with Gasteiger partial charge in [0.2, 0.25) is 0 Å². The fourth-order valence-electron chi connectivity index (χ4n) is 0. The number of hydrogen-bond acceptors (Lipinski definition) is 12. The second-order valence-electron chi connectivity index (χ2n) is 0.768. The molecule has 0 bridgehead atoms. The molecular formula is HAlCl4O12. The quantitative estimate of drug-likeness (QED) is 0.393. The summed E-state index contributed by atoms with van der Waals surface area (Å²) in [4.78, 5) is 0. The Morgan fingerprint density at radius 3 is 0.471 bits per heavy atom. The van der Waals surface area contributed by atoms with Gasteiger partial charge in [0.1, 0.15) is 0 Å². The Morgan fingerprint density at radius 1 is 0.471 bits per heavy atom. The molecule has 0 aromatic rings. The summed E-state index contributed by atoms with van der Waals surface area (Å²) in [5.41, 5.74) is 0. The van der Waals surface area contributed by atoms with Crippen LogP contribution in [0.25, 0.3) is 0 Å². The zero-order valence-electron chi connectivity index (χ0n) is 7.03. The van der Waals surface area contributed by atoms with Crippen molar-refractivity contribution in [2.24, 2.45) is 0 Å². The molecule has 104 valence electrons. The van der Waals surface area contributed by atoms with Crippen molar-refractivity contribution in [2.75, 3.05) is 0 Å². The molecule has 0 amide bonds. The van der Waals surface area contributed by atoms with Crippen LogP contribution in [0.1, 0.15) is 0 Å². The van der Waals surface area contributed by atoms with E-state index in [-0.39, 0.29) is 17.4 Å². The molecule has 0 saturated carbocycles. The summed E-state index contributed by atoms with van der Waals surface area (Å²) in [5, 5.41) is 0. The van der Waals surface area contributed by atoms with Crippen molar-refractivity contribution in [1.29, 1.82) is 0 Å². The molecule has 0 saturated heterocycles. The van der Waals surface area contributed by atoms with E-state index in [0.29, 0.717) is 0 Å². The molecule has 0 fully saturated rings. The zero-order valence-corrected chi connectivity index (χ0v) is 11.2. The van der Waals surface area contributed by atoms with E-state index in [4.69, 9.17) is 55.9 Å². The molecule has 0 rings (SSSR count). The number of hydrogen-bond donors (Lipinski definition) is 1. The van der Waals surface area contributed by atoms with Gasteiger partial charge in [0.25, 0.3) is 10.8 Å². The predicted octanol–water partition coefficient (Wildman–Crippen LogP) is -14.0. The van der Waals surface area contributed by atoms with Crippen molar-refractivity contribution in [1.82, 2.24) is 0 Å². The van der Waals surface area contributed by atoms with Gasteiger partial charge in [-0.15, -0.1) is 0 Å². The van der Waals surface area contributed by atoms with Crippen LogP contribution < -0.4 is 51.2 Å². The maximum Gasteiger partial charge on any atom is 3.00 e. The predicted molar refractivity (Wildman–Crippen MR) is 7.97 cm³/mol. The van der Waals surface area contributed by atoms with Gasteiger partial charge >= 0.3 is 17.4 Å². The van der Waals surface area contributed by atoms with Crippen LogP contribution in [-0.2, 0) is 0 Å². The Hall–Kier alpha value is 1.21. The zero-order chi connectivity index (χ0) is 14.3. The van der Waals surface area contributed by atoms with E-state index < -0.39 is 43.1 Å². The van der Waals surface area contributed by atoms with E-state index in [1.807, 2.05) is 0 Å². The van der Waals surface area contributed by atoms with E-state index in [9.17, 15) is 0 Å². The molecule has 0 aromatic carbocycles. The minimum absolute atomic E-state index is 0. The minimum Gasteiger partial charge on any atom is -0.357 e. The molecule has 17 heavy (non-hydrogen) atoms. The molecule has 0 aliphatic heterocycles. The van der Waals surface area contributed by atoms with Gasteiger partial charge < -0.3 is 51.2 Å². The first-order valence-electron chi connectivity index (χ1n) is 1.87. The van der Waals surface area contributed by atoms with Gasteiger partial charge in [0.15, 0.2) is 0 Å². The van der Waals surface area contributed by atoms with E-state index in [1.54, 1.807) is 0 Å². The molecule has 17 heteroatoms. The first-order valence-corrected chi connectivity index (χ1v) is 5.60. The maximum atomic E-state index is 8.52. The second kappa shape index (κ2) is 25.9. The van der Waals surface area contributed by atoms with Crippen molar-refractivity contribution in [2.45, 2.75) is 0 Å². The van der Waals surface area contributed by atoms with Gasteiger partial charge in [-0.2, -0.15) is 0 Å². The van der Waals surface area contributed by atoms with Crippen LogP contribution in [0.2, 0.25) is 0 Å². The van der Waals surface area contributed by atoms with Crippen LogP contribution in [0.4, 0.5) is 0 Å². The third-order valence-corrected chi connectivity index (χ3v) is 0. The molecule has 12 nitrogen and oxygen atoms in total. The van der Waals surface area contributed by atoms with Crippen molar-refractivity contribution in [3.05, 3.63) is 0 Å². The summed E-state index contributed by atoms with van der Waals surface area (Å²) in [6, 6.07) is 0. The average Bonchev–Trinajstić information content (AvgIpc) is 1.76. The first kappa shape index (κ1) is 30.9. The van der Waals surface area contributed by atoms with Gasteiger partial charge in [-0.25, -0.2) is 0 Å². The molecule has 1 N–H and O–H groups in total. The molecule has 0 heterocycles. The Balaban J connectivity index is -0.0000000369. The summed E-state index contributed by atoms with van der Waals surface area (Å²) < 4.78 is 99.6. The van der Waals surface area contributed by atoms with Crippen LogP contribution in [0.15, 0.2) is 0 Å². The summed E-state index contributed by atoms with van der Waals surface area (Å²) in [7, 11) is -11.2. The normalized spacial score (nSPS) is 8.47. The van der Waals surface area contributed by atoms with Gasteiger partial charge in [-0.05, 0) is 0 Å². The molecule has 0 atom stereocenters. The molecule has 0 aliphatic carbocycles. The van der Waals surface area contributed by atoms with E-state index in [0.717, 1.165) is 0 Å². The Kier molecular flexibility index (Phi) is 47.1. The van der Waals surface area contributed by atoms with Crippen molar-refractivity contribution >= 4 is 17.4 Å². The SMILES string of the molecule is [Al+3].[O-][Cl+2]([O-])O.[O-][Cl+2]([O-])[O-].[O-][Cl+2]([O-])[O-].[O-][Cl+2]([O-])[O-]. The molecule has 0 spiro atoms. The average molecular weight is 362 g/mol. The van der Waals surface area contributed by atoms with E-state index >= 15 is 0 Å². The summed E-state index contributed by atoms with van der Waals surface area (Å²) in [6.07, 6.45) is 0. The van der Waals surface area contributed by atoms with Gasteiger partial charge in [-0.1, -0.05) is 0 Å². The minimum atomic E-state index is -2.85. The molecule has 0 radical (unpaired) electrons. The van der Waals surface area contributed by atoms with Crippen LogP contribution in [0.5, 0.6) is 0 Å². The summed E-state index contributed by atoms with van der Waals surface area (Å²) in [6.45, 7) is 0. The van der Waals surface area contributed by atoms with Crippen molar-refractivity contribution in [3.63, 3.8) is 0 Å². The number of rotatable bonds is 0. The van der Waals surface area contributed by atoms with Gasteiger partial charge in [0.05, 0.1) is 32.4 Å². The molecule has 0 aliphatic rings. The van der Waals surface area contributed by atoms with Crippen molar-refractivity contribution in [3.8, 4) is 0 Å². The Morgan fingerprint density at radius 2 is 0.471 bits per heavy atom.